The zero-order chi connectivity index (χ0) is 12.2. The van der Waals surface area contributed by atoms with Gasteiger partial charge >= 0.3 is 0 Å². The largest absolute Gasteiger partial charge is 0.377 e. The summed E-state index contributed by atoms with van der Waals surface area (Å²) in [7, 11) is 1.74. The lowest BCUT2D eigenvalue weighted by molar-refractivity contribution is -0.129. The molecule has 94 valence electrons. The van der Waals surface area contributed by atoms with Crippen molar-refractivity contribution in [3.05, 3.63) is 0 Å². The van der Waals surface area contributed by atoms with Crippen molar-refractivity contribution in [1.29, 1.82) is 0 Å². The summed E-state index contributed by atoms with van der Waals surface area (Å²) < 4.78 is 5.36. The average molecular weight is 228 g/mol. The first-order chi connectivity index (χ1) is 7.44. The number of hydrogen-bond donors (Lipinski definition) is 1. The molecule has 16 heavy (non-hydrogen) atoms. The number of piperidine rings is 1. The molecule has 0 aromatic carbocycles. The van der Waals surface area contributed by atoms with Gasteiger partial charge in [0.05, 0.1) is 5.60 Å². The minimum Gasteiger partial charge on any atom is -0.377 e. The molecule has 4 heteroatoms. The van der Waals surface area contributed by atoms with Crippen molar-refractivity contribution in [2.75, 3.05) is 26.7 Å². The summed E-state index contributed by atoms with van der Waals surface area (Å²) in [5, 5.41) is 3.51. The van der Waals surface area contributed by atoms with E-state index in [1.807, 2.05) is 4.90 Å². The van der Waals surface area contributed by atoms with Gasteiger partial charge in [0.1, 0.15) is 0 Å². The summed E-state index contributed by atoms with van der Waals surface area (Å²) in [6.45, 7) is 8.40. The molecule has 1 heterocycles. The molecule has 0 spiro atoms. The molecule has 0 aromatic heterocycles. The highest BCUT2D eigenvalue weighted by atomic mass is 16.5. The van der Waals surface area contributed by atoms with Crippen molar-refractivity contribution in [1.82, 2.24) is 10.2 Å². The van der Waals surface area contributed by atoms with Crippen LogP contribution in [0, 0.1) is 0 Å². The number of nitrogens with one attached hydrogen (secondary N) is 1. The molecule has 1 fully saturated rings. The Morgan fingerprint density at radius 3 is 2.44 bits per heavy atom. The molecule has 1 amide bonds. The molecule has 0 unspecified atom stereocenters. The van der Waals surface area contributed by atoms with Crippen LogP contribution in [0.15, 0.2) is 0 Å². The number of hydrogen-bond acceptors (Lipinski definition) is 3. The van der Waals surface area contributed by atoms with Gasteiger partial charge in [-0.25, -0.2) is 0 Å². The molecule has 1 N–H and O–H groups in total. The van der Waals surface area contributed by atoms with E-state index in [4.69, 9.17) is 4.74 Å². The Morgan fingerprint density at radius 1 is 1.44 bits per heavy atom. The SMILES string of the molecule is COC(C)(C)CNC1CCN(C(C)=O)CC1. The molecule has 4 nitrogen and oxygen atoms in total. The number of rotatable bonds is 4. The van der Waals surface area contributed by atoms with Crippen LogP contribution in [-0.4, -0.2) is 49.2 Å². The Morgan fingerprint density at radius 2 is 2.00 bits per heavy atom. The maximum Gasteiger partial charge on any atom is 0.219 e. The minimum atomic E-state index is -0.113. The van der Waals surface area contributed by atoms with Gasteiger partial charge in [0.15, 0.2) is 0 Å². The summed E-state index contributed by atoms with van der Waals surface area (Å²) >= 11 is 0. The third kappa shape index (κ3) is 4.10. The van der Waals surface area contributed by atoms with E-state index in [0.29, 0.717) is 6.04 Å². The number of carbonyl (C=O) groups excluding carboxylic acids is 1. The molecule has 0 aromatic rings. The first kappa shape index (κ1) is 13.5. The van der Waals surface area contributed by atoms with E-state index in [1.165, 1.54) is 0 Å². The van der Waals surface area contributed by atoms with Crippen LogP contribution in [0.3, 0.4) is 0 Å². The van der Waals surface area contributed by atoms with E-state index in [2.05, 4.69) is 19.2 Å². The van der Waals surface area contributed by atoms with E-state index in [0.717, 1.165) is 32.5 Å². The lowest BCUT2D eigenvalue weighted by Gasteiger charge is -2.34. The Hall–Kier alpha value is -0.610. The van der Waals surface area contributed by atoms with Gasteiger partial charge < -0.3 is 15.0 Å². The number of ether oxygens (including phenoxy) is 1. The minimum absolute atomic E-state index is 0.113. The molecule has 1 aliphatic heterocycles. The van der Waals surface area contributed by atoms with Crippen LogP contribution in [-0.2, 0) is 9.53 Å². The van der Waals surface area contributed by atoms with Gasteiger partial charge in [-0.2, -0.15) is 0 Å². The van der Waals surface area contributed by atoms with Gasteiger partial charge in [0.2, 0.25) is 5.91 Å². The first-order valence-corrected chi connectivity index (χ1v) is 5.98. The van der Waals surface area contributed by atoms with Crippen LogP contribution >= 0.6 is 0 Å². The van der Waals surface area contributed by atoms with Gasteiger partial charge in [-0.1, -0.05) is 0 Å². The fourth-order valence-electron chi connectivity index (χ4n) is 1.86. The van der Waals surface area contributed by atoms with Gasteiger partial charge in [-0.15, -0.1) is 0 Å². The topological polar surface area (TPSA) is 41.6 Å². The second-order valence-electron chi connectivity index (χ2n) is 5.13. The second-order valence-corrected chi connectivity index (χ2v) is 5.13. The van der Waals surface area contributed by atoms with Crippen LogP contribution in [0.4, 0.5) is 0 Å². The second kappa shape index (κ2) is 5.64. The number of amides is 1. The zero-order valence-electron chi connectivity index (χ0n) is 10.9. The molecule has 1 aliphatic rings. The Balaban J connectivity index is 2.25. The molecular weight excluding hydrogens is 204 g/mol. The van der Waals surface area contributed by atoms with Gasteiger partial charge in [0.25, 0.3) is 0 Å². The zero-order valence-corrected chi connectivity index (χ0v) is 10.9. The van der Waals surface area contributed by atoms with Crippen molar-refractivity contribution in [2.45, 2.75) is 45.3 Å². The number of carbonyl (C=O) groups is 1. The molecule has 0 atom stereocenters. The molecule has 1 rings (SSSR count). The fourth-order valence-corrected chi connectivity index (χ4v) is 1.86. The Labute approximate surface area is 98.3 Å². The summed E-state index contributed by atoms with van der Waals surface area (Å²) in [6.07, 6.45) is 2.08. The standard InChI is InChI=1S/C12H24N2O2/c1-10(15)14-7-5-11(6-8-14)13-9-12(2,3)16-4/h11,13H,5-9H2,1-4H3. The highest BCUT2D eigenvalue weighted by Gasteiger charge is 2.23. The normalized spacial score (nSPS) is 18.9. The highest BCUT2D eigenvalue weighted by Crippen LogP contribution is 2.12. The monoisotopic (exact) mass is 228 g/mol. The van der Waals surface area contributed by atoms with E-state index in [1.54, 1.807) is 14.0 Å². The summed E-state index contributed by atoms with van der Waals surface area (Å²) in [5.74, 6) is 0.190. The molecule has 0 radical (unpaired) electrons. The third-order valence-electron chi connectivity index (χ3n) is 3.31. The fraction of sp³-hybridized carbons (Fsp3) is 0.917. The van der Waals surface area contributed by atoms with Crippen LogP contribution < -0.4 is 5.32 Å². The van der Waals surface area contributed by atoms with E-state index >= 15 is 0 Å². The Kier molecular flexibility index (Phi) is 4.74. The number of methoxy groups -OCH3 is 1. The lowest BCUT2D eigenvalue weighted by Crippen LogP contribution is -2.48. The van der Waals surface area contributed by atoms with Crippen LogP contribution in [0.1, 0.15) is 33.6 Å². The van der Waals surface area contributed by atoms with Crippen LogP contribution in [0.2, 0.25) is 0 Å². The Bertz CT molecular complexity index is 233. The maximum atomic E-state index is 11.2. The van der Waals surface area contributed by atoms with Crippen molar-refractivity contribution < 1.29 is 9.53 Å². The van der Waals surface area contributed by atoms with E-state index < -0.39 is 0 Å². The van der Waals surface area contributed by atoms with Crippen molar-refractivity contribution in [2.24, 2.45) is 0 Å². The molecule has 0 saturated carbocycles. The van der Waals surface area contributed by atoms with Crippen molar-refractivity contribution in [3.8, 4) is 0 Å². The smallest absolute Gasteiger partial charge is 0.219 e. The summed E-state index contributed by atoms with van der Waals surface area (Å²) in [5.41, 5.74) is -0.113. The van der Waals surface area contributed by atoms with Crippen molar-refractivity contribution in [3.63, 3.8) is 0 Å². The molecule has 0 bridgehead atoms. The predicted octanol–water partition coefficient (Wildman–Crippen LogP) is 1.01. The van der Waals surface area contributed by atoms with Gasteiger partial charge in [-0.3, -0.25) is 4.79 Å². The third-order valence-corrected chi connectivity index (χ3v) is 3.31. The summed E-state index contributed by atoms with van der Waals surface area (Å²) in [6, 6.07) is 0.519. The predicted molar refractivity (Wildman–Crippen MR) is 64.4 cm³/mol. The lowest BCUT2D eigenvalue weighted by atomic mass is 10.0. The van der Waals surface area contributed by atoms with Crippen LogP contribution in [0.5, 0.6) is 0 Å². The maximum absolute atomic E-state index is 11.2. The average Bonchev–Trinajstić information content (AvgIpc) is 2.27. The number of nitrogens with zero attached hydrogens (tertiary/aromatic N) is 1. The van der Waals surface area contributed by atoms with Gasteiger partial charge in [-0.05, 0) is 26.7 Å². The molecule has 1 saturated heterocycles. The van der Waals surface area contributed by atoms with Crippen molar-refractivity contribution >= 4 is 5.91 Å². The van der Waals surface area contributed by atoms with Gasteiger partial charge in [0, 0.05) is 39.7 Å². The van der Waals surface area contributed by atoms with E-state index in [9.17, 15) is 4.79 Å². The summed E-state index contributed by atoms with van der Waals surface area (Å²) in [4.78, 5) is 13.1. The highest BCUT2D eigenvalue weighted by molar-refractivity contribution is 5.73. The first-order valence-electron chi connectivity index (χ1n) is 5.98. The van der Waals surface area contributed by atoms with E-state index in [-0.39, 0.29) is 11.5 Å². The van der Waals surface area contributed by atoms with Crippen LogP contribution in [0.25, 0.3) is 0 Å². The number of likely N-dealkylation sites (tertiary alicyclic amines) is 1. The molecular formula is C12H24N2O2. The quantitative estimate of drug-likeness (QED) is 0.781. The molecule has 0 aliphatic carbocycles.